The van der Waals surface area contributed by atoms with Gasteiger partial charge in [0.2, 0.25) is 0 Å². The number of ether oxygens (including phenoxy) is 2. The number of carboxylic acids is 1. The third-order valence-corrected chi connectivity index (χ3v) is 4.89. The minimum absolute atomic E-state index is 0.0376. The second kappa shape index (κ2) is 11.5. The zero-order chi connectivity index (χ0) is 20.3. The summed E-state index contributed by atoms with van der Waals surface area (Å²) in [6.45, 7) is 6.27. The lowest BCUT2D eigenvalue weighted by molar-refractivity contribution is -0.137. The van der Waals surface area contributed by atoms with Crippen molar-refractivity contribution in [3.8, 4) is 17.6 Å². The van der Waals surface area contributed by atoms with E-state index in [9.17, 15) is 10.1 Å². The van der Waals surface area contributed by atoms with Crippen molar-refractivity contribution in [1.82, 2.24) is 0 Å². The van der Waals surface area contributed by atoms with Crippen molar-refractivity contribution >= 4 is 5.97 Å². The number of aliphatic carboxylic acids is 1. The molecule has 0 aliphatic rings. The fraction of sp³-hybridized carbons (Fsp3) is 0.636. The molecule has 0 bridgehead atoms. The van der Waals surface area contributed by atoms with E-state index in [0.29, 0.717) is 17.9 Å². The molecule has 0 aliphatic heterocycles. The molecule has 1 rings (SSSR count). The van der Waals surface area contributed by atoms with Gasteiger partial charge in [-0.1, -0.05) is 46.1 Å². The number of rotatable bonds is 13. The van der Waals surface area contributed by atoms with E-state index in [0.717, 1.165) is 37.7 Å². The van der Waals surface area contributed by atoms with Crippen LogP contribution in [0.25, 0.3) is 0 Å². The first kappa shape index (κ1) is 22.8. The summed E-state index contributed by atoms with van der Waals surface area (Å²) in [6, 6.07) is 7.95. The molecule has 1 atom stereocenters. The average molecular weight is 376 g/mol. The van der Waals surface area contributed by atoms with Gasteiger partial charge >= 0.3 is 5.97 Å². The molecule has 0 aromatic heterocycles. The molecule has 0 amide bonds. The van der Waals surface area contributed by atoms with Crippen LogP contribution in [0, 0.1) is 11.3 Å². The van der Waals surface area contributed by atoms with Crippen LogP contribution in [0.3, 0.4) is 0 Å². The van der Waals surface area contributed by atoms with Crippen LogP contribution in [0.15, 0.2) is 18.2 Å². The molecule has 0 heterocycles. The van der Waals surface area contributed by atoms with Gasteiger partial charge in [0.15, 0.2) is 11.5 Å². The highest BCUT2D eigenvalue weighted by Gasteiger charge is 2.33. The lowest BCUT2D eigenvalue weighted by Crippen LogP contribution is -2.25. The molecule has 150 valence electrons. The van der Waals surface area contributed by atoms with Crippen molar-refractivity contribution in [2.45, 2.75) is 83.7 Å². The van der Waals surface area contributed by atoms with Crippen molar-refractivity contribution < 1.29 is 19.4 Å². The van der Waals surface area contributed by atoms with Gasteiger partial charge in [-0.25, -0.2) is 0 Å². The standard InChI is InChI=1S/C22H33NO4/c1-5-8-18(9-6-2)27-20-15-17(10-11-19(20)26-4)22(16-23,13-7-3)14-12-21(24)25/h10-11,15,18H,5-9,12-14H2,1-4H3,(H,24,25). The van der Waals surface area contributed by atoms with E-state index in [1.807, 2.05) is 25.1 Å². The van der Waals surface area contributed by atoms with E-state index in [4.69, 9.17) is 14.6 Å². The monoisotopic (exact) mass is 375 g/mol. The summed E-state index contributed by atoms with van der Waals surface area (Å²) in [5.41, 5.74) is -0.0293. The first-order chi connectivity index (χ1) is 13.0. The van der Waals surface area contributed by atoms with E-state index in [1.54, 1.807) is 7.11 Å². The van der Waals surface area contributed by atoms with Gasteiger partial charge in [0.05, 0.1) is 24.7 Å². The lowest BCUT2D eigenvalue weighted by atomic mass is 9.74. The summed E-state index contributed by atoms with van der Waals surface area (Å²) >= 11 is 0. The Labute approximate surface area is 163 Å². The molecule has 1 aromatic rings. The summed E-state index contributed by atoms with van der Waals surface area (Å²) in [5.74, 6) is 0.382. The van der Waals surface area contributed by atoms with Crippen LogP contribution in [0.1, 0.15) is 77.7 Å². The Morgan fingerprint density at radius 3 is 2.30 bits per heavy atom. The van der Waals surface area contributed by atoms with E-state index in [-0.39, 0.29) is 18.9 Å². The molecular weight excluding hydrogens is 342 g/mol. The quantitative estimate of drug-likeness (QED) is 0.494. The fourth-order valence-electron chi connectivity index (χ4n) is 3.49. The van der Waals surface area contributed by atoms with Crippen LogP contribution in [-0.2, 0) is 10.2 Å². The maximum absolute atomic E-state index is 11.1. The summed E-state index contributed by atoms with van der Waals surface area (Å²) < 4.78 is 11.7. The molecule has 0 radical (unpaired) electrons. The molecule has 0 aliphatic carbocycles. The Bertz CT molecular complexity index is 632. The molecule has 0 fully saturated rings. The van der Waals surface area contributed by atoms with Crippen LogP contribution in [0.2, 0.25) is 0 Å². The molecular formula is C22H33NO4. The third kappa shape index (κ3) is 6.46. The van der Waals surface area contributed by atoms with Gasteiger partial charge in [-0.2, -0.15) is 5.26 Å². The Kier molecular flexibility index (Phi) is 9.71. The van der Waals surface area contributed by atoms with E-state index >= 15 is 0 Å². The molecule has 0 saturated heterocycles. The van der Waals surface area contributed by atoms with Crippen LogP contribution in [0.5, 0.6) is 11.5 Å². The van der Waals surface area contributed by atoms with Crippen molar-refractivity contribution in [2.24, 2.45) is 0 Å². The SMILES string of the molecule is CCCC(CCC)Oc1cc(C(C#N)(CCC)CCC(=O)O)ccc1OC. The minimum atomic E-state index is -0.887. The maximum Gasteiger partial charge on any atom is 0.303 e. The van der Waals surface area contributed by atoms with Gasteiger partial charge in [-0.15, -0.1) is 0 Å². The predicted octanol–water partition coefficient (Wildman–Crippen LogP) is 5.47. The summed E-state index contributed by atoms with van der Waals surface area (Å²) in [6.07, 6.45) is 5.73. The Balaban J connectivity index is 3.28. The van der Waals surface area contributed by atoms with E-state index in [2.05, 4.69) is 19.9 Å². The number of nitriles is 1. The smallest absolute Gasteiger partial charge is 0.303 e. The van der Waals surface area contributed by atoms with Crippen molar-refractivity contribution in [3.63, 3.8) is 0 Å². The number of hydrogen-bond acceptors (Lipinski definition) is 4. The Morgan fingerprint density at radius 2 is 1.81 bits per heavy atom. The summed E-state index contributed by atoms with van der Waals surface area (Å²) in [5, 5.41) is 19.0. The fourth-order valence-corrected chi connectivity index (χ4v) is 3.49. The van der Waals surface area contributed by atoms with Gasteiger partial charge in [-0.3, -0.25) is 4.79 Å². The zero-order valence-corrected chi connectivity index (χ0v) is 17.1. The van der Waals surface area contributed by atoms with Gasteiger partial charge in [-0.05, 0) is 43.4 Å². The second-order valence-electron chi connectivity index (χ2n) is 7.02. The number of benzene rings is 1. The average Bonchev–Trinajstić information content (AvgIpc) is 2.65. The number of hydrogen-bond donors (Lipinski definition) is 1. The largest absolute Gasteiger partial charge is 0.493 e. The maximum atomic E-state index is 11.1. The van der Waals surface area contributed by atoms with Gasteiger partial charge in [0.25, 0.3) is 0 Å². The third-order valence-electron chi connectivity index (χ3n) is 4.89. The lowest BCUT2D eigenvalue weighted by Gasteiger charge is -2.28. The highest BCUT2D eigenvalue weighted by Crippen LogP contribution is 2.39. The zero-order valence-electron chi connectivity index (χ0n) is 17.1. The highest BCUT2D eigenvalue weighted by atomic mass is 16.5. The number of carboxylic acid groups (broad SMARTS) is 1. The van der Waals surface area contributed by atoms with Gasteiger partial charge < -0.3 is 14.6 Å². The molecule has 1 aromatic carbocycles. The predicted molar refractivity (Wildman–Crippen MR) is 106 cm³/mol. The van der Waals surface area contributed by atoms with Crippen molar-refractivity contribution in [1.29, 1.82) is 5.26 Å². The van der Waals surface area contributed by atoms with Gasteiger partial charge in [0, 0.05) is 6.42 Å². The van der Waals surface area contributed by atoms with Crippen molar-refractivity contribution in [2.75, 3.05) is 7.11 Å². The molecule has 1 N–H and O–H groups in total. The number of nitrogens with zero attached hydrogens (tertiary/aromatic N) is 1. The van der Waals surface area contributed by atoms with Crippen LogP contribution >= 0.6 is 0 Å². The summed E-state index contributed by atoms with van der Waals surface area (Å²) in [7, 11) is 1.60. The van der Waals surface area contributed by atoms with E-state index < -0.39 is 11.4 Å². The van der Waals surface area contributed by atoms with Crippen LogP contribution in [-0.4, -0.2) is 24.3 Å². The second-order valence-corrected chi connectivity index (χ2v) is 7.02. The first-order valence-corrected chi connectivity index (χ1v) is 9.94. The van der Waals surface area contributed by atoms with Crippen LogP contribution < -0.4 is 9.47 Å². The number of carbonyl (C=O) groups is 1. The van der Waals surface area contributed by atoms with E-state index in [1.165, 1.54) is 0 Å². The van der Waals surface area contributed by atoms with Gasteiger partial charge in [0.1, 0.15) is 0 Å². The summed E-state index contributed by atoms with van der Waals surface area (Å²) in [4.78, 5) is 11.1. The molecule has 5 heteroatoms. The molecule has 0 saturated carbocycles. The normalized spacial score (nSPS) is 13.0. The topological polar surface area (TPSA) is 79.5 Å². The highest BCUT2D eigenvalue weighted by molar-refractivity contribution is 5.67. The Hall–Kier alpha value is -2.22. The molecule has 1 unspecified atom stereocenters. The van der Waals surface area contributed by atoms with Crippen LogP contribution in [0.4, 0.5) is 0 Å². The molecule has 0 spiro atoms. The number of methoxy groups -OCH3 is 1. The molecule has 5 nitrogen and oxygen atoms in total. The minimum Gasteiger partial charge on any atom is -0.493 e. The Morgan fingerprint density at radius 1 is 1.15 bits per heavy atom. The molecule has 27 heavy (non-hydrogen) atoms. The first-order valence-electron chi connectivity index (χ1n) is 9.94. The van der Waals surface area contributed by atoms with Crippen molar-refractivity contribution in [3.05, 3.63) is 23.8 Å².